The summed E-state index contributed by atoms with van der Waals surface area (Å²) in [4.78, 5) is 13.6. The van der Waals surface area contributed by atoms with Crippen LogP contribution in [0.1, 0.15) is 13.8 Å². The number of β-lactam (4-membered cyclic amide) rings is 1. The van der Waals surface area contributed by atoms with Crippen molar-refractivity contribution < 1.29 is 9.53 Å². The topological polar surface area (TPSA) is 29.5 Å². The van der Waals surface area contributed by atoms with E-state index < -0.39 is 0 Å². The molecule has 1 amide bonds. The van der Waals surface area contributed by atoms with Gasteiger partial charge in [0, 0.05) is 24.3 Å². The van der Waals surface area contributed by atoms with E-state index >= 15 is 0 Å². The van der Waals surface area contributed by atoms with Crippen LogP contribution in [0.15, 0.2) is 0 Å². The molecular weight excluding hydrogens is 326 g/mol. The van der Waals surface area contributed by atoms with Crippen LogP contribution in [0.2, 0.25) is 0 Å². The van der Waals surface area contributed by atoms with Gasteiger partial charge in [-0.25, -0.2) is 0 Å². The highest BCUT2D eigenvalue weighted by Crippen LogP contribution is 2.37. The zero-order valence-electron chi connectivity index (χ0n) is 9.30. The molecule has 0 aromatic rings. The molecule has 0 spiro atoms. The predicted molar refractivity (Wildman–Crippen MR) is 67.7 cm³/mol. The molecule has 1 aliphatic heterocycles. The van der Waals surface area contributed by atoms with E-state index in [1.165, 1.54) is 0 Å². The van der Waals surface area contributed by atoms with Crippen LogP contribution in [0.25, 0.3) is 0 Å². The van der Waals surface area contributed by atoms with E-state index in [0.717, 1.165) is 17.2 Å². The monoisotopic (exact) mass is 341 g/mol. The van der Waals surface area contributed by atoms with Crippen molar-refractivity contribution in [2.45, 2.75) is 26.0 Å². The van der Waals surface area contributed by atoms with Crippen molar-refractivity contribution >= 4 is 37.8 Å². The molecule has 15 heavy (non-hydrogen) atoms. The summed E-state index contributed by atoms with van der Waals surface area (Å²) in [5.74, 6) is 0.107. The lowest BCUT2D eigenvalue weighted by Gasteiger charge is -2.53. The molecule has 3 nitrogen and oxygen atoms in total. The lowest BCUT2D eigenvalue weighted by molar-refractivity contribution is -0.179. The molecule has 88 valence electrons. The van der Waals surface area contributed by atoms with Gasteiger partial charge in [-0.05, 0) is 5.41 Å². The molecule has 0 aliphatic carbocycles. The third-order valence-electron chi connectivity index (χ3n) is 2.87. The normalized spacial score (nSPS) is 26.7. The van der Waals surface area contributed by atoms with Crippen LogP contribution in [-0.2, 0) is 9.53 Å². The van der Waals surface area contributed by atoms with E-state index in [1.807, 2.05) is 4.90 Å². The summed E-state index contributed by atoms with van der Waals surface area (Å²) >= 11 is 6.86. The fraction of sp³-hybridized carbons (Fsp3) is 0.900. The highest BCUT2D eigenvalue weighted by molar-refractivity contribution is 9.09. The molecule has 0 aromatic carbocycles. The largest absolute Gasteiger partial charge is 0.369 e. The van der Waals surface area contributed by atoms with Crippen molar-refractivity contribution in [3.8, 4) is 0 Å². The Labute approximate surface area is 108 Å². The molecule has 1 saturated heterocycles. The molecule has 2 atom stereocenters. The summed E-state index contributed by atoms with van der Waals surface area (Å²) in [5.41, 5.74) is 0.0384. The first kappa shape index (κ1) is 13.5. The maximum atomic E-state index is 11.7. The number of carbonyl (C=O) groups is 1. The molecule has 0 bridgehead atoms. The first-order chi connectivity index (χ1) is 6.99. The van der Waals surface area contributed by atoms with E-state index in [-0.39, 0.29) is 23.5 Å². The third kappa shape index (κ3) is 2.39. The minimum Gasteiger partial charge on any atom is -0.369 e. The van der Waals surface area contributed by atoms with E-state index in [0.29, 0.717) is 0 Å². The number of hydrogen-bond donors (Lipinski definition) is 0. The molecule has 1 heterocycles. The minimum atomic E-state index is -0.267. The Balaban J connectivity index is 2.78. The molecule has 1 fully saturated rings. The quantitative estimate of drug-likeness (QED) is 0.565. The minimum absolute atomic E-state index is 0.0384. The Bertz CT molecular complexity index is 246. The van der Waals surface area contributed by atoms with E-state index in [4.69, 9.17) is 4.74 Å². The Kier molecular flexibility index (Phi) is 4.62. The number of rotatable bonds is 5. The van der Waals surface area contributed by atoms with Crippen molar-refractivity contribution in [3.05, 3.63) is 0 Å². The number of likely N-dealkylation sites (tertiary alicyclic amines) is 1. The second-order valence-corrected chi connectivity index (χ2v) is 5.80. The lowest BCUT2D eigenvalue weighted by atomic mass is 9.76. The number of carbonyl (C=O) groups excluding carboxylic acids is 1. The molecule has 0 N–H and O–H groups in total. The summed E-state index contributed by atoms with van der Waals surface area (Å²) in [6, 6.07) is 0.173. The number of ether oxygens (including phenoxy) is 1. The van der Waals surface area contributed by atoms with Gasteiger partial charge in [-0.3, -0.25) is 4.79 Å². The SMILES string of the molecule is CO[C@@H]1C(=O)N(CCBr)[C@@H]1C(C)(C)CBr. The lowest BCUT2D eigenvalue weighted by Crippen LogP contribution is -2.70. The van der Waals surface area contributed by atoms with Gasteiger partial charge in [0.25, 0.3) is 5.91 Å². The maximum absolute atomic E-state index is 11.7. The average Bonchev–Trinajstić information content (AvgIpc) is 2.21. The van der Waals surface area contributed by atoms with Gasteiger partial charge in [0.05, 0.1) is 6.04 Å². The second-order valence-electron chi connectivity index (χ2n) is 4.44. The van der Waals surface area contributed by atoms with E-state index in [9.17, 15) is 4.79 Å². The second kappa shape index (κ2) is 5.15. The Morgan fingerprint density at radius 2 is 2.07 bits per heavy atom. The van der Waals surface area contributed by atoms with Gasteiger partial charge in [-0.2, -0.15) is 0 Å². The maximum Gasteiger partial charge on any atom is 0.254 e. The standard InChI is InChI=1S/C10H17Br2NO2/c1-10(2,6-12)8-7(15-3)9(14)13(8)5-4-11/h7-8H,4-6H2,1-3H3/t7-,8-/m0/s1. The fourth-order valence-corrected chi connectivity index (χ4v) is 2.71. The van der Waals surface area contributed by atoms with Crippen LogP contribution in [0.3, 0.4) is 0 Å². The summed E-state index contributed by atoms with van der Waals surface area (Å²) < 4.78 is 5.25. The average molecular weight is 343 g/mol. The smallest absolute Gasteiger partial charge is 0.254 e. The fourth-order valence-electron chi connectivity index (χ4n) is 2.00. The van der Waals surface area contributed by atoms with Crippen molar-refractivity contribution in [1.29, 1.82) is 0 Å². The van der Waals surface area contributed by atoms with Crippen LogP contribution < -0.4 is 0 Å². The number of hydrogen-bond acceptors (Lipinski definition) is 2. The molecule has 0 unspecified atom stereocenters. The van der Waals surface area contributed by atoms with Gasteiger partial charge in [0.1, 0.15) is 0 Å². The molecule has 1 aliphatic rings. The van der Waals surface area contributed by atoms with Crippen molar-refractivity contribution in [2.24, 2.45) is 5.41 Å². The number of methoxy groups -OCH3 is 1. The highest BCUT2D eigenvalue weighted by atomic mass is 79.9. The summed E-state index contributed by atoms with van der Waals surface area (Å²) in [5, 5.41) is 1.67. The molecule has 0 saturated carbocycles. The number of nitrogens with zero attached hydrogens (tertiary/aromatic N) is 1. The Morgan fingerprint density at radius 1 is 1.47 bits per heavy atom. The molecule has 0 aromatic heterocycles. The summed E-state index contributed by atoms with van der Waals surface area (Å²) in [6.45, 7) is 5.04. The van der Waals surface area contributed by atoms with Crippen LogP contribution in [-0.4, -0.2) is 47.3 Å². The number of alkyl halides is 2. The first-order valence-corrected chi connectivity index (χ1v) is 7.19. The van der Waals surface area contributed by atoms with Crippen LogP contribution in [0, 0.1) is 5.41 Å². The van der Waals surface area contributed by atoms with Gasteiger partial charge in [0.15, 0.2) is 6.10 Å². The number of amides is 1. The Morgan fingerprint density at radius 3 is 2.47 bits per heavy atom. The van der Waals surface area contributed by atoms with Crippen molar-refractivity contribution in [2.75, 3.05) is 24.3 Å². The van der Waals surface area contributed by atoms with Gasteiger partial charge < -0.3 is 9.64 Å². The molecule has 5 heteroatoms. The van der Waals surface area contributed by atoms with Crippen LogP contribution >= 0.6 is 31.9 Å². The van der Waals surface area contributed by atoms with Crippen molar-refractivity contribution in [3.63, 3.8) is 0 Å². The van der Waals surface area contributed by atoms with Gasteiger partial charge >= 0.3 is 0 Å². The molecule has 1 rings (SSSR count). The van der Waals surface area contributed by atoms with E-state index in [2.05, 4.69) is 45.7 Å². The van der Waals surface area contributed by atoms with Crippen LogP contribution in [0.4, 0.5) is 0 Å². The van der Waals surface area contributed by atoms with Gasteiger partial charge in [-0.1, -0.05) is 45.7 Å². The highest BCUT2D eigenvalue weighted by Gasteiger charge is 2.53. The van der Waals surface area contributed by atoms with E-state index in [1.54, 1.807) is 7.11 Å². The van der Waals surface area contributed by atoms with Gasteiger partial charge in [-0.15, -0.1) is 0 Å². The first-order valence-electron chi connectivity index (χ1n) is 4.94. The zero-order valence-corrected chi connectivity index (χ0v) is 12.5. The summed E-state index contributed by atoms with van der Waals surface area (Å²) in [7, 11) is 1.60. The predicted octanol–water partition coefficient (Wildman–Crippen LogP) is 2.03. The third-order valence-corrected chi connectivity index (χ3v) is 4.67. The molecule has 0 radical (unpaired) electrons. The molecular formula is C10H17Br2NO2. The number of halogens is 2. The van der Waals surface area contributed by atoms with Crippen LogP contribution in [0.5, 0.6) is 0 Å². The van der Waals surface area contributed by atoms with Gasteiger partial charge in [0.2, 0.25) is 0 Å². The summed E-state index contributed by atoms with van der Waals surface area (Å²) in [6.07, 6.45) is -0.267. The zero-order chi connectivity index (χ0) is 11.6. The van der Waals surface area contributed by atoms with Crippen molar-refractivity contribution in [1.82, 2.24) is 4.90 Å². The Hall–Kier alpha value is 0.390.